The molecule has 1 aromatic carbocycles. The van der Waals surface area contributed by atoms with Crippen molar-refractivity contribution < 1.29 is 19.0 Å². The predicted molar refractivity (Wildman–Crippen MR) is 102 cm³/mol. The average molecular weight is 374 g/mol. The molecule has 2 aromatic rings. The third kappa shape index (κ3) is 3.32. The molecule has 0 saturated carbocycles. The van der Waals surface area contributed by atoms with Gasteiger partial charge in [0.05, 0.1) is 27.0 Å². The van der Waals surface area contributed by atoms with Crippen LogP contribution in [0.25, 0.3) is 0 Å². The number of carbonyl (C=O) groups is 1. The monoisotopic (exact) mass is 374 g/mol. The van der Waals surface area contributed by atoms with Crippen LogP contribution in [0.1, 0.15) is 12.8 Å². The molecule has 1 aromatic heterocycles. The standard InChI is InChI=1S/C19H26N4O4/c1-22(14-12-15(25-2)17(27-4)16(13-14)26-3)18(24)19(6-9-20-10-7-19)23-11-5-8-21-23/h5,8,11-13,20H,6-7,9-10H2,1-4H3. The SMILES string of the molecule is COc1cc(N(C)C(=O)C2(n3cccn3)CCNCC2)cc(OC)c1OC. The Morgan fingerprint density at radius 3 is 2.26 bits per heavy atom. The maximum Gasteiger partial charge on any atom is 0.254 e. The largest absolute Gasteiger partial charge is 0.493 e. The van der Waals surface area contributed by atoms with Gasteiger partial charge in [0.2, 0.25) is 5.75 Å². The first-order valence-electron chi connectivity index (χ1n) is 8.86. The van der Waals surface area contributed by atoms with E-state index in [1.807, 2.05) is 12.3 Å². The van der Waals surface area contributed by atoms with Crippen LogP contribution in [0.4, 0.5) is 5.69 Å². The third-order valence-electron chi connectivity index (χ3n) is 5.11. The lowest BCUT2D eigenvalue weighted by Gasteiger charge is -2.39. The van der Waals surface area contributed by atoms with E-state index in [4.69, 9.17) is 14.2 Å². The topological polar surface area (TPSA) is 77.9 Å². The highest BCUT2D eigenvalue weighted by Crippen LogP contribution is 2.41. The summed E-state index contributed by atoms with van der Waals surface area (Å²) in [7, 11) is 6.43. The second kappa shape index (κ2) is 7.87. The molecule has 1 aliphatic heterocycles. The minimum Gasteiger partial charge on any atom is -0.493 e. The number of amides is 1. The predicted octanol–water partition coefficient (Wildman–Crippen LogP) is 1.65. The first-order valence-corrected chi connectivity index (χ1v) is 8.86. The zero-order chi connectivity index (χ0) is 19.4. The molecule has 2 heterocycles. The molecular formula is C19H26N4O4. The molecule has 8 heteroatoms. The number of nitrogens with one attached hydrogen (secondary N) is 1. The summed E-state index contributed by atoms with van der Waals surface area (Å²) in [5.74, 6) is 1.48. The van der Waals surface area contributed by atoms with Gasteiger partial charge in [-0.1, -0.05) is 0 Å². The van der Waals surface area contributed by atoms with Gasteiger partial charge in [-0.15, -0.1) is 0 Å². The smallest absolute Gasteiger partial charge is 0.254 e. The lowest BCUT2D eigenvalue weighted by molar-refractivity contribution is -0.128. The summed E-state index contributed by atoms with van der Waals surface area (Å²) < 4.78 is 18.0. The number of hydrogen-bond donors (Lipinski definition) is 1. The second-order valence-corrected chi connectivity index (χ2v) is 6.48. The molecule has 3 rings (SSSR count). The fraction of sp³-hybridized carbons (Fsp3) is 0.474. The molecule has 0 unspecified atom stereocenters. The number of carbonyl (C=O) groups excluding carboxylic acids is 1. The molecule has 8 nitrogen and oxygen atoms in total. The highest BCUT2D eigenvalue weighted by molar-refractivity contribution is 5.99. The zero-order valence-corrected chi connectivity index (χ0v) is 16.2. The van der Waals surface area contributed by atoms with Gasteiger partial charge in [0.25, 0.3) is 5.91 Å². The molecule has 1 amide bonds. The number of anilines is 1. The van der Waals surface area contributed by atoms with Crippen LogP contribution in [0.3, 0.4) is 0 Å². The summed E-state index contributed by atoms with van der Waals surface area (Å²) in [5.41, 5.74) is -0.0521. The summed E-state index contributed by atoms with van der Waals surface area (Å²) in [4.78, 5) is 15.2. The minimum atomic E-state index is -0.718. The second-order valence-electron chi connectivity index (χ2n) is 6.48. The number of aromatic nitrogens is 2. The van der Waals surface area contributed by atoms with Gasteiger partial charge in [0.1, 0.15) is 5.54 Å². The zero-order valence-electron chi connectivity index (χ0n) is 16.2. The van der Waals surface area contributed by atoms with E-state index >= 15 is 0 Å². The maximum absolute atomic E-state index is 13.6. The van der Waals surface area contributed by atoms with E-state index in [0.717, 1.165) is 13.1 Å². The van der Waals surface area contributed by atoms with Crippen LogP contribution in [0.15, 0.2) is 30.6 Å². The van der Waals surface area contributed by atoms with Crippen molar-refractivity contribution in [2.24, 2.45) is 0 Å². The van der Waals surface area contributed by atoms with Gasteiger partial charge >= 0.3 is 0 Å². The number of piperidine rings is 1. The summed E-state index contributed by atoms with van der Waals surface area (Å²) in [6, 6.07) is 5.39. The van der Waals surface area contributed by atoms with Gasteiger partial charge < -0.3 is 24.4 Å². The van der Waals surface area contributed by atoms with Gasteiger partial charge in [0, 0.05) is 31.6 Å². The van der Waals surface area contributed by atoms with E-state index < -0.39 is 5.54 Å². The van der Waals surface area contributed by atoms with Crippen molar-refractivity contribution >= 4 is 11.6 Å². The van der Waals surface area contributed by atoms with Crippen molar-refractivity contribution in [3.05, 3.63) is 30.6 Å². The van der Waals surface area contributed by atoms with Crippen molar-refractivity contribution in [3.8, 4) is 17.2 Å². The molecule has 27 heavy (non-hydrogen) atoms. The third-order valence-corrected chi connectivity index (χ3v) is 5.11. The lowest BCUT2D eigenvalue weighted by Crippen LogP contribution is -2.55. The fourth-order valence-electron chi connectivity index (χ4n) is 3.59. The number of hydrogen-bond acceptors (Lipinski definition) is 6. The van der Waals surface area contributed by atoms with E-state index in [1.165, 1.54) is 0 Å². The number of rotatable bonds is 6. The number of benzene rings is 1. The molecule has 1 N–H and O–H groups in total. The maximum atomic E-state index is 13.6. The molecule has 146 valence electrons. The minimum absolute atomic E-state index is 0.0260. The normalized spacial score (nSPS) is 15.9. The molecule has 1 fully saturated rings. The van der Waals surface area contributed by atoms with E-state index in [2.05, 4.69) is 10.4 Å². The Morgan fingerprint density at radius 2 is 1.78 bits per heavy atom. The van der Waals surface area contributed by atoms with Crippen molar-refractivity contribution in [2.75, 3.05) is 46.4 Å². The Kier molecular flexibility index (Phi) is 5.55. The van der Waals surface area contributed by atoms with Gasteiger partial charge in [-0.3, -0.25) is 9.48 Å². The van der Waals surface area contributed by atoms with Crippen LogP contribution in [0, 0.1) is 0 Å². The van der Waals surface area contributed by atoms with E-state index in [9.17, 15) is 4.79 Å². The fourth-order valence-corrected chi connectivity index (χ4v) is 3.59. The Labute approximate surface area is 159 Å². The van der Waals surface area contributed by atoms with Crippen molar-refractivity contribution in [1.82, 2.24) is 15.1 Å². The molecular weight excluding hydrogens is 348 g/mol. The van der Waals surface area contributed by atoms with Crippen molar-refractivity contribution in [3.63, 3.8) is 0 Å². The average Bonchev–Trinajstić information content (AvgIpc) is 3.27. The molecule has 1 saturated heterocycles. The first kappa shape index (κ1) is 19.0. The highest BCUT2D eigenvalue weighted by Gasteiger charge is 2.44. The van der Waals surface area contributed by atoms with Crippen LogP contribution in [-0.4, -0.2) is 57.2 Å². The summed E-state index contributed by atoms with van der Waals surface area (Å²) in [6.45, 7) is 1.52. The first-order chi connectivity index (χ1) is 13.1. The Hall–Kier alpha value is -2.74. The molecule has 0 aliphatic carbocycles. The van der Waals surface area contributed by atoms with Crippen LogP contribution >= 0.6 is 0 Å². The molecule has 0 bridgehead atoms. The van der Waals surface area contributed by atoms with E-state index in [0.29, 0.717) is 35.8 Å². The van der Waals surface area contributed by atoms with Gasteiger partial charge in [-0.2, -0.15) is 5.10 Å². The quantitative estimate of drug-likeness (QED) is 0.828. The van der Waals surface area contributed by atoms with Gasteiger partial charge in [-0.05, 0) is 32.0 Å². The number of methoxy groups -OCH3 is 3. The lowest BCUT2D eigenvalue weighted by atomic mass is 9.86. The van der Waals surface area contributed by atoms with E-state index in [1.54, 1.807) is 56.3 Å². The van der Waals surface area contributed by atoms with E-state index in [-0.39, 0.29) is 5.91 Å². The molecule has 0 atom stereocenters. The van der Waals surface area contributed by atoms with Crippen LogP contribution in [0.2, 0.25) is 0 Å². The number of ether oxygens (including phenoxy) is 3. The van der Waals surface area contributed by atoms with Crippen LogP contribution in [-0.2, 0) is 10.3 Å². The molecule has 1 aliphatic rings. The Morgan fingerprint density at radius 1 is 1.15 bits per heavy atom. The van der Waals surface area contributed by atoms with Crippen LogP contribution < -0.4 is 24.4 Å². The number of likely N-dealkylation sites (N-methyl/N-ethyl adjacent to an activating group) is 1. The summed E-state index contributed by atoms with van der Waals surface area (Å²) in [5, 5.41) is 7.69. The molecule has 0 radical (unpaired) electrons. The Bertz CT molecular complexity index is 760. The van der Waals surface area contributed by atoms with Gasteiger partial charge in [-0.25, -0.2) is 0 Å². The Balaban J connectivity index is 2.01. The molecule has 0 spiro atoms. The van der Waals surface area contributed by atoms with Crippen LogP contribution in [0.5, 0.6) is 17.2 Å². The highest BCUT2D eigenvalue weighted by atomic mass is 16.5. The summed E-state index contributed by atoms with van der Waals surface area (Å²) in [6.07, 6.45) is 4.90. The van der Waals surface area contributed by atoms with Crippen molar-refractivity contribution in [2.45, 2.75) is 18.4 Å². The van der Waals surface area contributed by atoms with Crippen molar-refractivity contribution in [1.29, 1.82) is 0 Å². The number of nitrogens with zero attached hydrogens (tertiary/aromatic N) is 3. The summed E-state index contributed by atoms with van der Waals surface area (Å²) >= 11 is 0. The van der Waals surface area contributed by atoms with Gasteiger partial charge in [0.15, 0.2) is 11.5 Å².